The molecule has 0 fully saturated rings. The standard InChI is InChI=1S/C45H90N2/c1-4-7-10-13-16-19-21-23-24-26-28-31-34-37-40-45-46(41-38-35-32-29-18-15-12-9-6-3)43-44-47(45)42-39-36-33-30-27-25-22-20-17-14-11-8-5-2/h43-45H,4-42H2,1-3H3. The fourth-order valence-corrected chi connectivity index (χ4v) is 7.78. The molecule has 0 aromatic rings. The Morgan fingerprint density at radius 2 is 0.489 bits per heavy atom. The van der Waals surface area contributed by atoms with Crippen molar-refractivity contribution in [1.29, 1.82) is 0 Å². The smallest absolute Gasteiger partial charge is 0.101 e. The first kappa shape index (κ1) is 44.4. The molecule has 1 aliphatic heterocycles. The van der Waals surface area contributed by atoms with Crippen LogP contribution in [0.4, 0.5) is 0 Å². The molecule has 0 aliphatic carbocycles. The van der Waals surface area contributed by atoms with Crippen LogP contribution in [0, 0.1) is 0 Å². The van der Waals surface area contributed by atoms with Gasteiger partial charge in [-0.1, -0.05) is 233 Å². The van der Waals surface area contributed by atoms with Gasteiger partial charge in [0.25, 0.3) is 0 Å². The molecule has 47 heavy (non-hydrogen) atoms. The van der Waals surface area contributed by atoms with Crippen LogP contribution in [0.5, 0.6) is 0 Å². The Hall–Kier alpha value is -0.660. The zero-order chi connectivity index (χ0) is 33.7. The lowest BCUT2D eigenvalue weighted by atomic mass is 10.0. The van der Waals surface area contributed by atoms with Crippen molar-refractivity contribution in [3.63, 3.8) is 0 Å². The van der Waals surface area contributed by atoms with Crippen molar-refractivity contribution >= 4 is 0 Å². The van der Waals surface area contributed by atoms with Crippen LogP contribution in [0.1, 0.15) is 258 Å². The van der Waals surface area contributed by atoms with Gasteiger partial charge in [-0.3, -0.25) is 0 Å². The molecule has 0 aromatic heterocycles. The maximum Gasteiger partial charge on any atom is 0.101 e. The van der Waals surface area contributed by atoms with Gasteiger partial charge < -0.3 is 9.80 Å². The molecular weight excluding hydrogens is 569 g/mol. The van der Waals surface area contributed by atoms with Gasteiger partial charge >= 0.3 is 0 Å². The van der Waals surface area contributed by atoms with E-state index in [0.717, 1.165) is 0 Å². The highest BCUT2D eigenvalue weighted by atomic mass is 15.4. The molecule has 1 atom stereocenters. The molecule has 0 N–H and O–H groups in total. The second-order valence-electron chi connectivity index (χ2n) is 15.7. The van der Waals surface area contributed by atoms with E-state index in [2.05, 4.69) is 43.0 Å². The molecule has 1 unspecified atom stereocenters. The molecule has 0 spiro atoms. The average molecular weight is 659 g/mol. The van der Waals surface area contributed by atoms with Crippen molar-refractivity contribution in [1.82, 2.24) is 9.80 Å². The summed E-state index contributed by atoms with van der Waals surface area (Å²) < 4.78 is 0. The Balaban J connectivity index is 2.20. The average Bonchev–Trinajstić information content (AvgIpc) is 3.47. The minimum Gasteiger partial charge on any atom is -0.356 e. The molecule has 0 saturated heterocycles. The van der Waals surface area contributed by atoms with Crippen LogP contribution in [0.3, 0.4) is 0 Å². The Labute approximate surface area is 299 Å². The summed E-state index contributed by atoms with van der Waals surface area (Å²) in [6.07, 6.45) is 58.9. The Morgan fingerprint density at radius 3 is 0.745 bits per heavy atom. The van der Waals surface area contributed by atoms with Crippen LogP contribution < -0.4 is 0 Å². The second kappa shape index (κ2) is 36.6. The molecule has 1 heterocycles. The Kier molecular flexibility index (Phi) is 34.6. The van der Waals surface area contributed by atoms with Crippen molar-refractivity contribution < 1.29 is 0 Å². The second-order valence-corrected chi connectivity index (χ2v) is 15.7. The van der Waals surface area contributed by atoms with Crippen LogP contribution in [0.25, 0.3) is 0 Å². The van der Waals surface area contributed by atoms with E-state index in [1.807, 2.05) is 0 Å². The van der Waals surface area contributed by atoms with Crippen LogP contribution in [-0.4, -0.2) is 29.1 Å². The summed E-state index contributed by atoms with van der Waals surface area (Å²) in [6.45, 7) is 9.49. The van der Waals surface area contributed by atoms with Gasteiger partial charge in [0.05, 0.1) is 0 Å². The largest absolute Gasteiger partial charge is 0.356 e. The van der Waals surface area contributed by atoms with E-state index in [1.165, 1.54) is 251 Å². The summed E-state index contributed by atoms with van der Waals surface area (Å²) >= 11 is 0. The van der Waals surface area contributed by atoms with E-state index in [-0.39, 0.29) is 0 Å². The van der Waals surface area contributed by atoms with Crippen molar-refractivity contribution in [2.75, 3.05) is 13.1 Å². The maximum atomic E-state index is 2.73. The van der Waals surface area contributed by atoms with Crippen molar-refractivity contribution in [3.8, 4) is 0 Å². The molecule has 0 saturated carbocycles. The maximum absolute atomic E-state index is 2.73. The molecule has 0 amide bonds. The molecule has 1 aliphatic rings. The Morgan fingerprint density at radius 1 is 0.277 bits per heavy atom. The van der Waals surface area contributed by atoms with Gasteiger partial charge in [0.1, 0.15) is 6.17 Å². The molecule has 1 rings (SSSR count). The monoisotopic (exact) mass is 659 g/mol. The summed E-state index contributed by atoms with van der Waals surface area (Å²) in [4.78, 5) is 5.46. The van der Waals surface area contributed by atoms with Crippen LogP contribution in [0.15, 0.2) is 12.4 Å². The first-order chi connectivity index (χ1) is 23.3. The summed E-state index contributed by atoms with van der Waals surface area (Å²) in [5.41, 5.74) is 0. The third-order valence-electron chi connectivity index (χ3n) is 11.1. The molecule has 2 nitrogen and oxygen atoms in total. The minimum absolute atomic E-state index is 0.638. The van der Waals surface area contributed by atoms with Gasteiger partial charge in [0.2, 0.25) is 0 Å². The molecule has 0 bridgehead atoms. The highest BCUT2D eigenvalue weighted by Crippen LogP contribution is 2.24. The predicted molar refractivity (Wildman–Crippen MR) is 214 cm³/mol. The van der Waals surface area contributed by atoms with Crippen LogP contribution in [-0.2, 0) is 0 Å². The molecule has 0 aromatic carbocycles. The van der Waals surface area contributed by atoms with Gasteiger partial charge in [0, 0.05) is 25.5 Å². The first-order valence-corrected chi connectivity index (χ1v) is 22.5. The lowest BCUT2D eigenvalue weighted by Crippen LogP contribution is -2.39. The summed E-state index contributed by atoms with van der Waals surface area (Å²) in [5.74, 6) is 0. The van der Waals surface area contributed by atoms with E-state index in [9.17, 15) is 0 Å². The number of unbranched alkanes of at least 4 members (excludes halogenated alkanes) is 33. The third kappa shape index (κ3) is 28.8. The van der Waals surface area contributed by atoms with Crippen molar-refractivity contribution in [3.05, 3.63) is 12.4 Å². The summed E-state index contributed by atoms with van der Waals surface area (Å²) in [5, 5.41) is 0. The van der Waals surface area contributed by atoms with E-state index in [1.54, 1.807) is 0 Å². The fourth-order valence-electron chi connectivity index (χ4n) is 7.78. The predicted octanol–water partition coefficient (Wildman–Crippen LogP) is 15.9. The quantitative estimate of drug-likeness (QED) is 0.0606. The lowest BCUT2D eigenvalue weighted by molar-refractivity contribution is 0.135. The number of nitrogens with zero attached hydrogens (tertiary/aromatic N) is 2. The van der Waals surface area contributed by atoms with E-state index in [0.29, 0.717) is 6.17 Å². The lowest BCUT2D eigenvalue weighted by Gasteiger charge is -2.33. The molecular formula is C45H90N2. The highest BCUT2D eigenvalue weighted by molar-refractivity contribution is 4.97. The normalized spacial score (nSPS) is 14.7. The summed E-state index contributed by atoms with van der Waals surface area (Å²) in [6, 6.07) is 0. The van der Waals surface area contributed by atoms with Gasteiger partial charge in [-0.15, -0.1) is 0 Å². The van der Waals surface area contributed by atoms with Gasteiger partial charge in [-0.25, -0.2) is 0 Å². The number of hydrogen-bond donors (Lipinski definition) is 0. The van der Waals surface area contributed by atoms with Crippen LogP contribution >= 0.6 is 0 Å². The van der Waals surface area contributed by atoms with Gasteiger partial charge in [0.15, 0.2) is 0 Å². The SMILES string of the molecule is CCCCCCCCCCCCCCCCC1N(CCCCCCCCCCC)C=CN1CCCCCCCCCCCCCCC. The summed E-state index contributed by atoms with van der Waals surface area (Å²) in [7, 11) is 0. The van der Waals surface area contributed by atoms with Gasteiger partial charge in [-0.2, -0.15) is 0 Å². The Bertz CT molecular complexity index is 615. The first-order valence-electron chi connectivity index (χ1n) is 22.5. The molecule has 280 valence electrons. The zero-order valence-electron chi connectivity index (χ0n) is 33.2. The van der Waals surface area contributed by atoms with Crippen molar-refractivity contribution in [2.45, 2.75) is 265 Å². The van der Waals surface area contributed by atoms with Gasteiger partial charge in [-0.05, 0) is 25.7 Å². The molecule has 2 heteroatoms. The van der Waals surface area contributed by atoms with E-state index >= 15 is 0 Å². The zero-order valence-corrected chi connectivity index (χ0v) is 33.2. The fraction of sp³-hybridized carbons (Fsp3) is 0.956. The molecule has 0 radical (unpaired) electrons. The highest BCUT2D eigenvalue weighted by Gasteiger charge is 2.24. The van der Waals surface area contributed by atoms with Crippen molar-refractivity contribution in [2.24, 2.45) is 0 Å². The van der Waals surface area contributed by atoms with Crippen LogP contribution in [0.2, 0.25) is 0 Å². The number of hydrogen-bond acceptors (Lipinski definition) is 2. The third-order valence-corrected chi connectivity index (χ3v) is 11.1. The van der Waals surface area contributed by atoms with E-state index in [4.69, 9.17) is 0 Å². The van der Waals surface area contributed by atoms with E-state index < -0.39 is 0 Å². The minimum atomic E-state index is 0.638. The topological polar surface area (TPSA) is 6.48 Å². The number of rotatable bonds is 39.